The molecule has 0 spiro atoms. The summed E-state index contributed by atoms with van der Waals surface area (Å²) in [5.41, 5.74) is 10.2. The van der Waals surface area contributed by atoms with Crippen molar-refractivity contribution < 1.29 is 19.5 Å². The van der Waals surface area contributed by atoms with Crippen LogP contribution in [0.5, 0.6) is 0 Å². The number of halogens is 1. The Bertz CT molecular complexity index is 783. The molecule has 0 radical (unpaired) electrons. The summed E-state index contributed by atoms with van der Waals surface area (Å²) >= 11 is 7.16. The number of carboxylic acids is 1. The number of rotatable bonds is 4. The SMILES string of the molecule is NC(N)(C(=O)N[C@@H]1C(=O)N2C(C(=O)O)=C(Cl)CS[C@H]12)c1ccccc1. The van der Waals surface area contributed by atoms with E-state index in [0.717, 1.165) is 4.90 Å². The molecule has 1 aromatic carbocycles. The van der Waals surface area contributed by atoms with Gasteiger partial charge in [-0.05, 0) is 5.56 Å². The van der Waals surface area contributed by atoms with Gasteiger partial charge in [-0.1, -0.05) is 41.9 Å². The number of β-lactam (4-membered cyclic amide) rings is 1. The maximum atomic E-state index is 12.5. The minimum Gasteiger partial charge on any atom is -0.477 e. The molecule has 3 rings (SSSR count). The van der Waals surface area contributed by atoms with E-state index in [9.17, 15) is 19.5 Å². The van der Waals surface area contributed by atoms with Crippen LogP contribution in [0.25, 0.3) is 0 Å². The second-order valence-corrected chi connectivity index (χ2v) is 7.22. The largest absolute Gasteiger partial charge is 0.477 e. The number of hydrogen-bond donors (Lipinski definition) is 4. The van der Waals surface area contributed by atoms with Crippen LogP contribution in [0, 0.1) is 0 Å². The van der Waals surface area contributed by atoms with Crippen LogP contribution in [0.2, 0.25) is 0 Å². The van der Waals surface area contributed by atoms with Crippen molar-refractivity contribution in [1.82, 2.24) is 10.2 Å². The van der Waals surface area contributed by atoms with Crippen molar-refractivity contribution in [1.29, 1.82) is 0 Å². The van der Waals surface area contributed by atoms with E-state index < -0.39 is 34.9 Å². The maximum absolute atomic E-state index is 12.5. The van der Waals surface area contributed by atoms with Gasteiger partial charge in [-0.3, -0.25) is 14.5 Å². The summed E-state index contributed by atoms with van der Waals surface area (Å²) in [5, 5.41) is 11.3. The number of fused-ring (bicyclic) bond motifs is 1. The Hall–Kier alpha value is -2.07. The van der Waals surface area contributed by atoms with Crippen molar-refractivity contribution in [2.24, 2.45) is 11.5 Å². The molecule has 1 saturated heterocycles. The summed E-state index contributed by atoms with van der Waals surface area (Å²) in [7, 11) is 0. The number of nitrogens with one attached hydrogen (secondary N) is 1. The van der Waals surface area contributed by atoms with Crippen molar-refractivity contribution in [3.05, 3.63) is 46.6 Å². The van der Waals surface area contributed by atoms with Gasteiger partial charge in [-0.25, -0.2) is 4.79 Å². The lowest BCUT2D eigenvalue weighted by Crippen LogP contribution is -2.73. The Kier molecular flexibility index (Phi) is 4.50. The van der Waals surface area contributed by atoms with Crippen molar-refractivity contribution >= 4 is 41.1 Å². The van der Waals surface area contributed by atoms with Gasteiger partial charge in [0.05, 0.1) is 5.03 Å². The number of benzene rings is 1. The molecule has 132 valence electrons. The zero-order valence-corrected chi connectivity index (χ0v) is 14.4. The summed E-state index contributed by atoms with van der Waals surface area (Å²) in [6.45, 7) is 0. The summed E-state index contributed by atoms with van der Waals surface area (Å²) in [6, 6.07) is 7.44. The standard InChI is InChI=1S/C15H15ClN4O4S/c16-8-6-25-12-9(11(21)20(12)10(8)13(22)23)19-14(24)15(17,18)7-4-2-1-3-5-7/h1-5,9,12H,6,17-18H2,(H,19,24)(H,22,23)/t9-,12-/m1/s1. The van der Waals surface area contributed by atoms with Gasteiger partial charge < -0.3 is 21.9 Å². The average molecular weight is 383 g/mol. The molecule has 2 atom stereocenters. The van der Waals surface area contributed by atoms with Crippen LogP contribution in [0.1, 0.15) is 5.56 Å². The van der Waals surface area contributed by atoms with Crippen LogP contribution in [-0.2, 0) is 20.0 Å². The molecule has 1 aromatic rings. The molecule has 2 heterocycles. The molecule has 0 aromatic heterocycles. The van der Waals surface area contributed by atoms with Gasteiger partial charge in [-0.15, -0.1) is 11.8 Å². The van der Waals surface area contributed by atoms with E-state index in [2.05, 4.69) is 5.32 Å². The molecule has 2 aliphatic rings. The molecule has 0 unspecified atom stereocenters. The molecule has 0 aliphatic carbocycles. The number of amides is 2. The number of nitrogens with two attached hydrogens (primary N) is 2. The van der Waals surface area contributed by atoms with Crippen LogP contribution >= 0.6 is 23.4 Å². The number of aliphatic carboxylic acids is 1. The maximum Gasteiger partial charge on any atom is 0.353 e. The van der Waals surface area contributed by atoms with Crippen molar-refractivity contribution in [3.63, 3.8) is 0 Å². The quantitative estimate of drug-likeness (QED) is 0.414. The molecule has 25 heavy (non-hydrogen) atoms. The van der Waals surface area contributed by atoms with Gasteiger partial charge in [0, 0.05) is 5.75 Å². The zero-order chi connectivity index (χ0) is 18.4. The zero-order valence-electron chi connectivity index (χ0n) is 12.8. The van der Waals surface area contributed by atoms with E-state index in [-0.39, 0.29) is 16.5 Å². The molecule has 2 aliphatic heterocycles. The fourth-order valence-corrected chi connectivity index (χ4v) is 4.24. The van der Waals surface area contributed by atoms with Gasteiger partial charge in [0.1, 0.15) is 17.1 Å². The monoisotopic (exact) mass is 382 g/mol. The first-order chi connectivity index (χ1) is 11.7. The smallest absolute Gasteiger partial charge is 0.353 e. The summed E-state index contributed by atoms with van der Waals surface area (Å²) in [5.74, 6) is -2.34. The number of carboxylic acid groups (broad SMARTS) is 1. The predicted molar refractivity (Wildman–Crippen MR) is 92.0 cm³/mol. The second-order valence-electron chi connectivity index (χ2n) is 5.65. The molecule has 6 N–H and O–H groups in total. The minimum absolute atomic E-state index is 0.0863. The first kappa shape index (κ1) is 17.7. The van der Waals surface area contributed by atoms with Crippen LogP contribution in [0.15, 0.2) is 41.1 Å². The predicted octanol–water partition coefficient (Wildman–Crippen LogP) is -0.308. The minimum atomic E-state index is -1.82. The van der Waals surface area contributed by atoms with E-state index >= 15 is 0 Å². The van der Waals surface area contributed by atoms with Crippen molar-refractivity contribution in [3.8, 4) is 0 Å². The van der Waals surface area contributed by atoms with E-state index in [4.69, 9.17) is 23.1 Å². The number of nitrogens with zero attached hydrogens (tertiary/aromatic N) is 1. The van der Waals surface area contributed by atoms with Crippen LogP contribution in [0.3, 0.4) is 0 Å². The third-order valence-corrected chi connectivity index (χ3v) is 5.79. The fourth-order valence-electron chi connectivity index (χ4n) is 2.69. The van der Waals surface area contributed by atoms with E-state index in [1.54, 1.807) is 30.3 Å². The lowest BCUT2D eigenvalue weighted by molar-refractivity contribution is -0.151. The Morgan fingerprint density at radius 3 is 2.56 bits per heavy atom. The molecule has 1 fully saturated rings. The van der Waals surface area contributed by atoms with Crippen LogP contribution in [0.4, 0.5) is 0 Å². The topological polar surface area (TPSA) is 139 Å². The molecule has 2 amide bonds. The molecule has 10 heteroatoms. The normalized spacial score (nSPS) is 23.0. The van der Waals surface area contributed by atoms with Gasteiger partial charge in [0.15, 0.2) is 5.66 Å². The summed E-state index contributed by atoms with van der Waals surface area (Å²) in [6.07, 6.45) is 0. The highest BCUT2D eigenvalue weighted by atomic mass is 35.5. The Labute approximate surface area is 152 Å². The second kappa shape index (κ2) is 6.34. The van der Waals surface area contributed by atoms with Gasteiger partial charge in [-0.2, -0.15) is 0 Å². The Morgan fingerprint density at radius 1 is 1.32 bits per heavy atom. The molecule has 0 saturated carbocycles. The van der Waals surface area contributed by atoms with E-state index in [0.29, 0.717) is 5.56 Å². The van der Waals surface area contributed by atoms with Crippen molar-refractivity contribution in [2.45, 2.75) is 17.1 Å². The van der Waals surface area contributed by atoms with Gasteiger partial charge in [0.2, 0.25) is 0 Å². The molecular formula is C15H15ClN4O4S. The van der Waals surface area contributed by atoms with E-state index in [1.807, 2.05) is 0 Å². The number of carbonyl (C=O) groups is 3. The number of hydrogen-bond acceptors (Lipinski definition) is 6. The average Bonchev–Trinajstić information content (AvgIpc) is 2.59. The van der Waals surface area contributed by atoms with Gasteiger partial charge >= 0.3 is 5.97 Å². The number of carbonyl (C=O) groups excluding carboxylic acids is 2. The Morgan fingerprint density at radius 2 is 1.96 bits per heavy atom. The first-order valence-electron chi connectivity index (χ1n) is 7.26. The summed E-state index contributed by atoms with van der Waals surface area (Å²) < 4.78 is 0. The van der Waals surface area contributed by atoms with Crippen LogP contribution in [-0.4, -0.2) is 45.0 Å². The lowest BCUT2D eigenvalue weighted by Gasteiger charge is -2.49. The first-order valence-corrected chi connectivity index (χ1v) is 8.68. The fraction of sp³-hybridized carbons (Fsp3) is 0.267. The van der Waals surface area contributed by atoms with Gasteiger partial charge in [0.25, 0.3) is 11.8 Å². The highest BCUT2D eigenvalue weighted by Crippen LogP contribution is 2.41. The van der Waals surface area contributed by atoms with Crippen molar-refractivity contribution in [2.75, 3.05) is 5.75 Å². The Balaban J connectivity index is 1.77. The molecule has 8 nitrogen and oxygen atoms in total. The molecule has 0 bridgehead atoms. The number of thioether (sulfide) groups is 1. The third-order valence-electron chi connectivity index (χ3n) is 4.04. The third kappa shape index (κ3) is 2.89. The molecular weight excluding hydrogens is 368 g/mol. The summed E-state index contributed by atoms with van der Waals surface area (Å²) in [4.78, 5) is 37.2. The van der Waals surface area contributed by atoms with E-state index in [1.165, 1.54) is 11.8 Å². The highest BCUT2D eigenvalue weighted by Gasteiger charge is 2.55. The lowest BCUT2D eigenvalue weighted by atomic mass is 9.98. The van der Waals surface area contributed by atoms with Crippen LogP contribution < -0.4 is 16.8 Å². The highest BCUT2D eigenvalue weighted by molar-refractivity contribution is 8.00.